The highest BCUT2D eigenvalue weighted by Gasteiger charge is 2.26. The first-order chi connectivity index (χ1) is 13.3. The highest BCUT2D eigenvalue weighted by molar-refractivity contribution is 6.33. The van der Waals surface area contributed by atoms with E-state index in [0.717, 1.165) is 28.8 Å². The monoisotopic (exact) mass is 377 g/mol. The third-order valence-corrected chi connectivity index (χ3v) is 4.93. The molecule has 0 aliphatic carbocycles. The van der Waals surface area contributed by atoms with E-state index in [1.807, 2.05) is 54.6 Å². The predicted octanol–water partition coefficient (Wildman–Crippen LogP) is 4.59. The summed E-state index contributed by atoms with van der Waals surface area (Å²) in [7, 11) is 0. The molecule has 2 aromatic carbocycles. The molecule has 1 atom stereocenters. The average Bonchev–Trinajstić information content (AvgIpc) is 3.25. The summed E-state index contributed by atoms with van der Waals surface area (Å²) < 4.78 is 13.9. The van der Waals surface area contributed by atoms with Crippen molar-refractivity contribution in [2.45, 2.75) is 12.6 Å². The molecular formula is C21H16ClN3O2. The second-order valence-corrected chi connectivity index (χ2v) is 6.81. The molecule has 1 aliphatic rings. The van der Waals surface area contributed by atoms with Crippen molar-refractivity contribution in [1.82, 2.24) is 14.5 Å². The van der Waals surface area contributed by atoms with Crippen LogP contribution in [0.15, 0.2) is 66.9 Å². The Bertz CT molecular complexity index is 1110. The third kappa shape index (κ3) is 3.00. The van der Waals surface area contributed by atoms with Gasteiger partial charge in [-0.1, -0.05) is 41.9 Å². The summed E-state index contributed by atoms with van der Waals surface area (Å²) in [4.78, 5) is 8.97. The van der Waals surface area contributed by atoms with Crippen LogP contribution < -0.4 is 9.47 Å². The van der Waals surface area contributed by atoms with Crippen molar-refractivity contribution in [2.24, 2.45) is 0 Å². The smallest absolute Gasteiger partial charge is 0.297 e. The number of benzene rings is 2. The number of imidazole rings is 1. The SMILES string of the molecule is Clc1ccccc1-c1ccc(OC[C@@H]2Cn3c(nc4ccccc43)O2)cn1. The number of halogens is 1. The van der Waals surface area contributed by atoms with Crippen LogP contribution in [0.4, 0.5) is 0 Å². The summed E-state index contributed by atoms with van der Waals surface area (Å²) in [5.41, 5.74) is 3.76. The lowest BCUT2D eigenvalue weighted by Crippen LogP contribution is -2.23. The lowest BCUT2D eigenvalue weighted by atomic mass is 10.1. The zero-order chi connectivity index (χ0) is 18.2. The van der Waals surface area contributed by atoms with Crippen LogP contribution in [0.3, 0.4) is 0 Å². The Morgan fingerprint density at radius 2 is 1.93 bits per heavy atom. The van der Waals surface area contributed by atoms with Crippen LogP contribution >= 0.6 is 11.6 Å². The topological polar surface area (TPSA) is 49.2 Å². The molecule has 134 valence electrons. The molecule has 0 N–H and O–H groups in total. The van der Waals surface area contributed by atoms with Crippen LogP contribution in [0.2, 0.25) is 5.02 Å². The Morgan fingerprint density at radius 1 is 1.07 bits per heavy atom. The van der Waals surface area contributed by atoms with E-state index in [1.165, 1.54) is 0 Å². The van der Waals surface area contributed by atoms with Crippen molar-refractivity contribution in [3.63, 3.8) is 0 Å². The van der Waals surface area contributed by atoms with Gasteiger partial charge in [-0.05, 0) is 30.3 Å². The van der Waals surface area contributed by atoms with Gasteiger partial charge in [0.05, 0.1) is 29.5 Å². The van der Waals surface area contributed by atoms with Crippen molar-refractivity contribution in [3.8, 4) is 23.0 Å². The van der Waals surface area contributed by atoms with Gasteiger partial charge in [-0.15, -0.1) is 0 Å². The number of para-hydroxylation sites is 2. The number of ether oxygens (including phenoxy) is 2. The standard InChI is InChI=1S/C21H16ClN3O2/c22-17-6-2-1-5-16(17)18-10-9-14(11-23-18)26-13-15-12-25-20-8-4-3-7-19(20)24-21(25)27-15/h1-11,15H,12-13H2/t15-/m0/s1. The average molecular weight is 378 g/mol. The molecule has 27 heavy (non-hydrogen) atoms. The highest BCUT2D eigenvalue weighted by atomic mass is 35.5. The van der Waals surface area contributed by atoms with E-state index >= 15 is 0 Å². The molecule has 5 nitrogen and oxygen atoms in total. The lowest BCUT2D eigenvalue weighted by molar-refractivity contribution is 0.143. The fourth-order valence-electron chi connectivity index (χ4n) is 3.28. The van der Waals surface area contributed by atoms with Gasteiger partial charge >= 0.3 is 0 Å². The predicted molar refractivity (Wildman–Crippen MR) is 104 cm³/mol. The van der Waals surface area contributed by atoms with Crippen LogP contribution in [-0.2, 0) is 6.54 Å². The van der Waals surface area contributed by atoms with Crippen molar-refractivity contribution < 1.29 is 9.47 Å². The molecule has 0 fully saturated rings. The quantitative estimate of drug-likeness (QED) is 0.522. The van der Waals surface area contributed by atoms with Crippen LogP contribution in [0, 0.1) is 0 Å². The van der Waals surface area contributed by atoms with E-state index in [4.69, 9.17) is 21.1 Å². The number of fused-ring (bicyclic) bond motifs is 3. The maximum Gasteiger partial charge on any atom is 0.297 e. The minimum atomic E-state index is -0.0691. The van der Waals surface area contributed by atoms with Crippen molar-refractivity contribution in [3.05, 3.63) is 71.9 Å². The summed E-state index contributed by atoms with van der Waals surface area (Å²) in [5.74, 6) is 0.698. The number of pyridine rings is 1. The summed E-state index contributed by atoms with van der Waals surface area (Å²) in [6, 6.07) is 20.1. The largest absolute Gasteiger partial charge is 0.488 e. The molecule has 0 radical (unpaired) electrons. The molecule has 0 bridgehead atoms. The first-order valence-corrected chi connectivity index (χ1v) is 9.11. The minimum absolute atomic E-state index is 0.0691. The molecule has 5 rings (SSSR count). The molecule has 1 aliphatic heterocycles. The highest BCUT2D eigenvalue weighted by Crippen LogP contribution is 2.29. The molecule has 0 spiro atoms. The Hall–Kier alpha value is -3.05. The minimum Gasteiger partial charge on any atom is -0.488 e. The summed E-state index contributed by atoms with van der Waals surface area (Å²) >= 11 is 6.22. The molecular weight excluding hydrogens is 362 g/mol. The summed E-state index contributed by atoms with van der Waals surface area (Å²) in [6.07, 6.45) is 1.64. The molecule has 3 heterocycles. The van der Waals surface area contributed by atoms with E-state index in [9.17, 15) is 0 Å². The molecule has 0 saturated carbocycles. The van der Waals surface area contributed by atoms with Gasteiger partial charge in [0, 0.05) is 10.6 Å². The van der Waals surface area contributed by atoms with Gasteiger partial charge in [0.2, 0.25) is 0 Å². The first kappa shape index (κ1) is 16.1. The van der Waals surface area contributed by atoms with Gasteiger partial charge in [-0.3, -0.25) is 9.55 Å². The van der Waals surface area contributed by atoms with Crippen LogP contribution in [0.5, 0.6) is 11.8 Å². The molecule has 0 unspecified atom stereocenters. The molecule has 0 amide bonds. The van der Waals surface area contributed by atoms with Gasteiger partial charge in [0.1, 0.15) is 12.4 Å². The summed E-state index contributed by atoms with van der Waals surface area (Å²) in [5, 5.41) is 0.680. The first-order valence-electron chi connectivity index (χ1n) is 8.73. The van der Waals surface area contributed by atoms with Crippen LogP contribution in [-0.4, -0.2) is 27.2 Å². The van der Waals surface area contributed by atoms with Gasteiger partial charge in [0.15, 0.2) is 6.10 Å². The summed E-state index contributed by atoms with van der Waals surface area (Å²) in [6.45, 7) is 1.16. The lowest BCUT2D eigenvalue weighted by Gasteiger charge is -2.12. The Balaban J connectivity index is 1.25. The van der Waals surface area contributed by atoms with E-state index in [1.54, 1.807) is 6.20 Å². The van der Waals surface area contributed by atoms with Gasteiger partial charge in [-0.2, -0.15) is 4.98 Å². The van der Waals surface area contributed by atoms with Crippen LogP contribution in [0.25, 0.3) is 22.3 Å². The van der Waals surface area contributed by atoms with Gasteiger partial charge < -0.3 is 9.47 Å². The number of hydrogen-bond donors (Lipinski definition) is 0. The number of rotatable bonds is 4. The van der Waals surface area contributed by atoms with Gasteiger partial charge in [-0.25, -0.2) is 0 Å². The maximum atomic E-state index is 6.22. The zero-order valence-electron chi connectivity index (χ0n) is 14.4. The van der Waals surface area contributed by atoms with E-state index in [0.29, 0.717) is 23.4 Å². The Morgan fingerprint density at radius 3 is 2.78 bits per heavy atom. The zero-order valence-corrected chi connectivity index (χ0v) is 15.1. The molecule has 2 aromatic heterocycles. The van der Waals surface area contributed by atoms with E-state index in [2.05, 4.69) is 20.6 Å². The molecule has 0 saturated heterocycles. The van der Waals surface area contributed by atoms with Crippen LogP contribution in [0.1, 0.15) is 0 Å². The normalized spacial score (nSPS) is 15.5. The Kier molecular flexibility index (Phi) is 3.94. The molecule has 4 aromatic rings. The van der Waals surface area contributed by atoms with E-state index in [-0.39, 0.29) is 6.10 Å². The fraction of sp³-hybridized carbons (Fsp3) is 0.143. The number of aromatic nitrogens is 3. The second kappa shape index (κ2) is 6.59. The number of nitrogens with zero attached hydrogens (tertiary/aromatic N) is 3. The second-order valence-electron chi connectivity index (χ2n) is 6.40. The van der Waals surface area contributed by atoms with Crippen molar-refractivity contribution >= 4 is 22.6 Å². The number of hydrogen-bond acceptors (Lipinski definition) is 4. The fourth-order valence-corrected chi connectivity index (χ4v) is 3.51. The maximum absolute atomic E-state index is 6.22. The van der Waals surface area contributed by atoms with E-state index < -0.39 is 0 Å². The third-order valence-electron chi connectivity index (χ3n) is 4.60. The van der Waals surface area contributed by atoms with Crippen molar-refractivity contribution in [2.75, 3.05) is 6.61 Å². The molecule has 6 heteroatoms. The van der Waals surface area contributed by atoms with Gasteiger partial charge in [0.25, 0.3) is 6.01 Å². The Labute approximate surface area is 161 Å². The van der Waals surface area contributed by atoms with Crippen molar-refractivity contribution in [1.29, 1.82) is 0 Å².